The maximum atomic E-state index is 10.2. The third kappa shape index (κ3) is 1.14. The van der Waals surface area contributed by atoms with Crippen molar-refractivity contribution in [2.75, 3.05) is 13.2 Å². The van der Waals surface area contributed by atoms with Crippen LogP contribution in [0.4, 0.5) is 0 Å². The van der Waals surface area contributed by atoms with Crippen LogP contribution in [0.15, 0.2) is 9.98 Å². The Morgan fingerprint density at radius 3 is 2.94 bits per heavy atom. The van der Waals surface area contributed by atoms with Crippen LogP contribution in [0.2, 0.25) is 0 Å². The number of hydrogen-bond donors (Lipinski definition) is 5. The molecule has 0 amide bonds. The monoisotopic (exact) mass is 240 g/mol. The predicted octanol–water partition coefficient (Wildman–Crippen LogP) is -3.27. The Kier molecular flexibility index (Phi) is 2.02. The summed E-state index contributed by atoms with van der Waals surface area (Å²) in [5.41, 5.74) is 10.7. The van der Waals surface area contributed by atoms with Crippen molar-refractivity contribution in [2.24, 2.45) is 21.5 Å². The highest BCUT2D eigenvalue weighted by Gasteiger charge is 2.62. The number of nitrogens with zero attached hydrogens (tertiary/aromatic N) is 3. The lowest BCUT2D eigenvalue weighted by Crippen LogP contribution is -2.72. The first-order valence-corrected chi connectivity index (χ1v) is 5.61. The average Bonchev–Trinajstić information content (AvgIpc) is 2.80. The summed E-state index contributed by atoms with van der Waals surface area (Å²) in [7, 11) is 0. The van der Waals surface area contributed by atoms with E-state index in [0.29, 0.717) is 18.9 Å². The third-order valence-electron chi connectivity index (χ3n) is 3.76. The number of nitrogens with two attached hydrogens (primary N) is 2. The molecule has 3 rings (SSSR count). The fraction of sp³-hybridized carbons (Fsp3) is 0.778. The summed E-state index contributed by atoms with van der Waals surface area (Å²) in [6.07, 6.45) is -0.0684. The molecule has 3 heterocycles. The number of aliphatic hydroxyl groups excluding tert-OH is 2. The van der Waals surface area contributed by atoms with Gasteiger partial charge in [-0.05, 0) is 6.42 Å². The maximum Gasteiger partial charge on any atom is 0.193 e. The Hall–Kier alpha value is -1.54. The van der Waals surface area contributed by atoms with Crippen LogP contribution in [0.1, 0.15) is 6.42 Å². The fourth-order valence-electron chi connectivity index (χ4n) is 3.04. The lowest BCUT2D eigenvalue weighted by Gasteiger charge is -2.46. The highest BCUT2D eigenvalue weighted by atomic mass is 16.3. The van der Waals surface area contributed by atoms with Gasteiger partial charge in [-0.2, -0.15) is 0 Å². The molecule has 8 heteroatoms. The van der Waals surface area contributed by atoms with Crippen molar-refractivity contribution in [3.05, 3.63) is 0 Å². The summed E-state index contributed by atoms with van der Waals surface area (Å²) in [6.45, 7) is 0.424. The van der Waals surface area contributed by atoms with Gasteiger partial charge < -0.3 is 31.9 Å². The van der Waals surface area contributed by atoms with E-state index in [1.54, 1.807) is 4.90 Å². The zero-order chi connectivity index (χ0) is 12.2. The molecule has 4 atom stereocenters. The summed E-state index contributed by atoms with van der Waals surface area (Å²) in [6, 6.07) is -0.871. The van der Waals surface area contributed by atoms with Gasteiger partial charge in [-0.1, -0.05) is 0 Å². The van der Waals surface area contributed by atoms with Gasteiger partial charge in [-0.15, -0.1) is 0 Å². The second-order valence-electron chi connectivity index (χ2n) is 4.60. The summed E-state index contributed by atoms with van der Waals surface area (Å²) < 4.78 is 0. The molecule has 17 heavy (non-hydrogen) atoms. The minimum absolute atomic E-state index is 0.174. The number of aliphatic imine (C=N–C) groups is 2. The average molecular weight is 240 g/mol. The molecule has 8 nitrogen and oxygen atoms in total. The van der Waals surface area contributed by atoms with Crippen molar-refractivity contribution >= 4 is 11.9 Å². The maximum absolute atomic E-state index is 10.2. The van der Waals surface area contributed by atoms with Crippen molar-refractivity contribution in [1.29, 1.82) is 0 Å². The van der Waals surface area contributed by atoms with Crippen LogP contribution in [0.3, 0.4) is 0 Å². The lowest BCUT2D eigenvalue weighted by atomic mass is 9.89. The molecule has 0 aromatic heterocycles. The zero-order valence-corrected chi connectivity index (χ0v) is 9.24. The van der Waals surface area contributed by atoms with E-state index in [2.05, 4.69) is 15.3 Å². The number of guanidine groups is 2. The molecule has 94 valence electrons. The standard InChI is InChI=1S/C9H16N6O2/c10-7-13-6-4(3-16)12-8(11)15-2-1-5(17)9(6,15)14-7/h4-6,16-17H,1-3H2,(H2,11,12)(H3,10,13,14)/t4-,5+,6-,9+/m0/s1. The first-order valence-electron chi connectivity index (χ1n) is 5.61. The Morgan fingerprint density at radius 1 is 1.47 bits per heavy atom. The van der Waals surface area contributed by atoms with E-state index in [4.69, 9.17) is 11.5 Å². The summed E-state index contributed by atoms with van der Waals surface area (Å²) >= 11 is 0. The minimum atomic E-state index is -0.830. The molecule has 1 spiro atoms. The Bertz CT molecular complexity index is 410. The van der Waals surface area contributed by atoms with Crippen LogP contribution in [0.25, 0.3) is 0 Å². The lowest BCUT2D eigenvalue weighted by molar-refractivity contribution is 0.0164. The number of nitrogens with one attached hydrogen (secondary N) is 1. The molecule has 0 aliphatic carbocycles. The second kappa shape index (κ2) is 3.23. The molecule has 7 N–H and O–H groups in total. The van der Waals surface area contributed by atoms with E-state index in [-0.39, 0.29) is 12.6 Å². The second-order valence-corrected chi connectivity index (χ2v) is 4.60. The fourth-order valence-corrected chi connectivity index (χ4v) is 3.04. The Balaban J connectivity index is 2.10. The molecule has 0 aromatic carbocycles. The normalized spacial score (nSPS) is 43.6. The number of rotatable bonds is 1. The highest BCUT2D eigenvalue weighted by molar-refractivity contribution is 5.86. The highest BCUT2D eigenvalue weighted by Crippen LogP contribution is 2.39. The topological polar surface area (TPSA) is 132 Å². The summed E-state index contributed by atoms with van der Waals surface area (Å²) in [5, 5.41) is 22.6. The van der Waals surface area contributed by atoms with E-state index in [0.717, 1.165) is 0 Å². The molecule has 0 unspecified atom stereocenters. The zero-order valence-electron chi connectivity index (χ0n) is 9.24. The number of hydrogen-bond acceptors (Lipinski definition) is 8. The minimum Gasteiger partial charge on any atom is -0.394 e. The SMILES string of the molecule is NC1=N[C@H]2[C@H](CO)N=C(N)N3CC[C@@H](O)[C@]23N1. The Labute approximate surface area is 98.0 Å². The van der Waals surface area contributed by atoms with Gasteiger partial charge in [0.25, 0.3) is 0 Å². The van der Waals surface area contributed by atoms with Gasteiger partial charge in [0.2, 0.25) is 0 Å². The third-order valence-corrected chi connectivity index (χ3v) is 3.76. The van der Waals surface area contributed by atoms with Crippen molar-refractivity contribution in [1.82, 2.24) is 10.2 Å². The first kappa shape index (κ1) is 10.6. The van der Waals surface area contributed by atoms with Crippen LogP contribution >= 0.6 is 0 Å². The van der Waals surface area contributed by atoms with Crippen molar-refractivity contribution in [3.63, 3.8) is 0 Å². The van der Waals surface area contributed by atoms with Crippen molar-refractivity contribution < 1.29 is 10.2 Å². The molecule has 0 radical (unpaired) electrons. The quantitative estimate of drug-likeness (QED) is 0.326. The van der Waals surface area contributed by atoms with Gasteiger partial charge in [-0.3, -0.25) is 0 Å². The summed E-state index contributed by atoms with van der Waals surface area (Å²) in [4.78, 5) is 10.2. The van der Waals surface area contributed by atoms with Gasteiger partial charge in [-0.25, -0.2) is 9.98 Å². The molecule has 0 saturated carbocycles. The molecule has 3 aliphatic heterocycles. The molecular weight excluding hydrogens is 224 g/mol. The van der Waals surface area contributed by atoms with E-state index in [9.17, 15) is 10.2 Å². The Morgan fingerprint density at radius 2 is 2.24 bits per heavy atom. The molecule has 0 bridgehead atoms. The van der Waals surface area contributed by atoms with Crippen molar-refractivity contribution in [2.45, 2.75) is 30.3 Å². The van der Waals surface area contributed by atoms with Gasteiger partial charge >= 0.3 is 0 Å². The van der Waals surface area contributed by atoms with Crippen LogP contribution < -0.4 is 16.8 Å². The van der Waals surface area contributed by atoms with Gasteiger partial charge in [0, 0.05) is 6.54 Å². The largest absolute Gasteiger partial charge is 0.394 e. The van der Waals surface area contributed by atoms with E-state index in [1.165, 1.54) is 0 Å². The molecule has 0 aromatic rings. The first-order chi connectivity index (χ1) is 8.09. The van der Waals surface area contributed by atoms with E-state index >= 15 is 0 Å². The van der Waals surface area contributed by atoms with Crippen LogP contribution in [0, 0.1) is 0 Å². The molecular formula is C9H16N6O2. The predicted molar refractivity (Wildman–Crippen MR) is 61.1 cm³/mol. The van der Waals surface area contributed by atoms with Crippen molar-refractivity contribution in [3.8, 4) is 0 Å². The molecule has 1 fully saturated rings. The number of aliphatic hydroxyl groups is 2. The smallest absolute Gasteiger partial charge is 0.193 e. The van der Waals surface area contributed by atoms with Gasteiger partial charge in [0.1, 0.15) is 12.1 Å². The van der Waals surface area contributed by atoms with Crippen LogP contribution in [-0.4, -0.2) is 64.0 Å². The van der Waals surface area contributed by atoms with E-state index < -0.39 is 23.9 Å². The van der Waals surface area contributed by atoms with E-state index in [1.807, 2.05) is 0 Å². The summed E-state index contributed by atoms with van der Waals surface area (Å²) in [5.74, 6) is 0.568. The van der Waals surface area contributed by atoms with Gasteiger partial charge in [0.05, 0.1) is 12.7 Å². The molecule has 1 saturated heterocycles. The van der Waals surface area contributed by atoms with Gasteiger partial charge in [0.15, 0.2) is 17.6 Å². The van der Waals surface area contributed by atoms with Crippen LogP contribution in [0.5, 0.6) is 0 Å². The molecule has 3 aliphatic rings. The van der Waals surface area contributed by atoms with Crippen LogP contribution in [-0.2, 0) is 0 Å².